The Morgan fingerprint density at radius 3 is 2.70 bits per heavy atom. The lowest BCUT2D eigenvalue weighted by atomic mass is 10.1. The standard InChI is InChI=1S/C15H31N3O2/c1-15(2,3)20-14(19)16-8-6-13-7-9-18(12-13)11-10-17(4)5/h13H,6-12H2,1-5H3,(H,16,19). The first-order valence-electron chi connectivity index (χ1n) is 7.60. The number of carbonyl (C=O) groups excluding carboxylic acids is 1. The molecule has 0 spiro atoms. The molecule has 0 aromatic carbocycles. The fraction of sp³-hybridized carbons (Fsp3) is 0.933. The summed E-state index contributed by atoms with van der Waals surface area (Å²) in [7, 11) is 4.22. The smallest absolute Gasteiger partial charge is 0.407 e. The molecule has 1 aliphatic heterocycles. The molecule has 0 aromatic heterocycles. The van der Waals surface area contributed by atoms with Crippen molar-refractivity contribution in [1.29, 1.82) is 0 Å². The van der Waals surface area contributed by atoms with Crippen LogP contribution in [0.15, 0.2) is 0 Å². The number of rotatable bonds is 6. The molecule has 5 nitrogen and oxygen atoms in total. The third kappa shape index (κ3) is 7.70. The largest absolute Gasteiger partial charge is 0.444 e. The maximum absolute atomic E-state index is 11.5. The molecule has 1 amide bonds. The van der Waals surface area contributed by atoms with E-state index in [1.54, 1.807) is 0 Å². The number of ether oxygens (including phenoxy) is 1. The molecule has 1 atom stereocenters. The van der Waals surface area contributed by atoms with Crippen LogP contribution in [0.3, 0.4) is 0 Å². The number of hydrogen-bond acceptors (Lipinski definition) is 4. The van der Waals surface area contributed by atoms with Crippen LogP contribution in [0, 0.1) is 5.92 Å². The summed E-state index contributed by atoms with van der Waals surface area (Å²) in [5.41, 5.74) is -0.416. The average Bonchev–Trinajstić information content (AvgIpc) is 2.72. The number of nitrogens with one attached hydrogen (secondary N) is 1. The van der Waals surface area contributed by atoms with Crippen molar-refractivity contribution in [2.24, 2.45) is 5.92 Å². The number of hydrogen-bond donors (Lipinski definition) is 1. The molecule has 1 unspecified atom stereocenters. The summed E-state index contributed by atoms with van der Waals surface area (Å²) >= 11 is 0. The first kappa shape index (κ1) is 17.2. The lowest BCUT2D eigenvalue weighted by molar-refractivity contribution is 0.0525. The molecule has 5 heteroatoms. The minimum atomic E-state index is -0.416. The monoisotopic (exact) mass is 285 g/mol. The van der Waals surface area contributed by atoms with E-state index in [1.807, 2.05) is 20.8 Å². The molecular weight excluding hydrogens is 254 g/mol. The molecule has 118 valence electrons. The van der Waals surface area contributed by atoms with Crippen molar-refractivity contribution in [2.75, 3.05) is 46.8 Å². The summed E-state index contributed by atoms with van der Waals surface area (Å²) in [6.45, 7) is 11.0. The van der Waals surface area contributed by atoms with Crippen LogP contribution < -0.4 is 5.32 Å². The second-order valence-corrected chi connectivity index (χ2v) is 6.98. The van der Waals surface area contributed by atoms with Gasteiger partial charge in [-0.25, -0.2) is 4.79 Å². The van der Waals surface area contributed by atoms with Gasteiger partial charge in [0.1, 0.15) is 5.60 Å². The van der Waals surface area contributed by atoms with Crippen LogP contribution in [-0.2, 0) is 4.74 Å². The Morgan fingerprint density at radius 1 is 1.40 bits per heavy atom. The van der Waals surface area contributed by atoms with Gasteiger partial charge in [0.2, 0.25) is 0 Å². The third-order valence-corrected chi connectivity index (χ3v) is 3.45. The van der Waals surface area contributed by atoms with Crippen LogP contribution in [0.4, 0.5) is 4.79 Å². The lowest BCUT2D eigenvalue weighted by Crippen LogP contribution is -2.34. The van der Waals surface area contributed by atoms with Crippen molar-refractivity contribution >= 4 is 6.09 Å². The van der Waals surface area contributed by atoms with Gasteiger partial charge in [0.05, 0.1) is 0 Å². The predicted octanol–water partition coefficient (Wildman–Crippen LogP) is 1.78. The molecule has 1 saturated heterocycles. The topological polar surface area (TPSA) is 44.8 Å². The van der Waals surface area contributed by atoms with E-state index in [2.05, 4.69) is 29.2 Å². The normalized spacial score (nSPS) is 20.4. The van der Waals surface area contributed by atoms with Crippen LogP contribution >= 0.6 is 0 Å². The molecule has 1 aliphatic rings. The second-order valence-electron chi connectivity index (χ2n) is 6.98. The first-order valence-corrected chi connectivity index (χ1v) is 7.60. The Kier molecular flexibility index (Phi) is 6.76. The Morgan fingerprint density at radius 2 is 2.10 bits per heavy atom. The van der Waals surface area contributed by atoms with Crippen LogP contribution in [0.2, 0.25) is 0 Å². The van der Waals surface area contributed by atoms with E-state index in [0.29, 0.717) is 12.5 Å². The molecule has 1 rings (SSSR count). The Labute approximate surface area is 123 Å². The highest BCUT2D eigenvalue weighted by Gasteiger charge is 2.22. The highest BCUT2D eigenvalue weighted by atomic mass is 16.6. The molecule has 1 fully saturated rings. The highest BCUT2D eigenvalue weighted by molar-refractivity contribution is 5.67. The van der Waals surface area contributed by atoms with Gasteiger partial charge in [-0.05, 0) is 60.2 Å². The average molecular weight is 285 g/mol. The molecule has 20 heavy (non-hydrogen) atoms. The Bertz CT molecular complexity index is 300. The number of likely N-dealkylation sites (tertiary alicyclic amines) is 1. The summed E-state index contributed by atoms with van der Waals surface area (Å²) in [4.78, 5) is 16.3. The summed E-state index contributed by atoms with van der Waals surface area (Å²) in [5.74, 6) is 0.701. The first-order chi connectivity index (χ1) is 9.26. The van der Waals surface area contributed by atoms with Gasteiger partial charge >= 0.3 is 6.09 Å². The minimum Gasteiger partial charge on any atom is -0.444 e. The quantitative estimate of drug-likeness (QED) is 0.808. The van der Waals surface area contributed by atoms with E-state index < -0.39 is 5.60 Å². The maximum atomic E-state index is 11.5. The highest BCUT2D eigenvalue weighted by Crippen LogP contribution is 2.18. The van der Waals surface area contributed by atoms with E-state index in [1.165, 1.54) is 13.0 Å². The van der Waals surface area contributed by atoms with Gasteiger partial charge in [-0.15, -0.1) is 0 Å². The number of likely N-dealkylation sites (N-methyl/N-ethyl adjacent to an activating group) is 1. The number of carbonyl (C=O) groups is 1. The molecule has 0 aromatic rings. The van der Waals surface area contributed by atoms with Gasteiger partial charge in [0, 0.05) is 26.2 Å². The predicted molar refractivity (Wildman–Crippen MR) is 82.0 cm³/mol. The van der Waals surface area contributed by atoms with Crippen LogP contribution in [0.5, 0.6) is 0 Å². The molecule has 1 heterocycles. The zero-order valence-corrected chi connectivity index (χ0v) is 13.7. The molecule has 0 bridgehead atoms. The van der Waals surface area contributed by atoms with Crippen molar-refractivity contribution in [3.63, 3.8) is 0 Å². The number of amides is 1. The Balaban J connectivity index is 2.10. The van der Waals surface area contributed by atoms with Gasteiger partial charge in [0.25, 0.3) is 0 Å². The minimum absolute atomic E-state index is 0.306. The van der Waals surface area contributed by atoms with Gasteiger partial charge in [0.15, 0.2) is 0 Å². The van der Waals surface area contributed by atoms with E-state index in [4.69, 9.17) is 4.74 Å². The SMILES string of the molecule is CN(C)CCN1CCC(CCNC(=O)OC(C)(C)C)C1. The zero-order chi connectivity index (χ0) is 15.2. The van der Waals surface area contributed by atoms with Crippen molar-refractivity contribution in [3.8, 4) is 0 Å². The van der Waals surface area contributed by atoms with Crippen LogP contribution in [0.25, 0.3) is 0 Å². The van der Waals surface area contributed by atoms with Crippen molar-refractivity contribution in [3.05, 3.63) is 0 Å². The summed E-state index contributed by atoms with van der Waals surface area (Å²) in [6.07, 6.45) is 1.97. The number of nitrogens with zero attached hydrogens (tertiary/aromatic N) is 2. The summed E-state index contributed by atoms with van der Waals surface area (Å²) in [5, 5.41) is 2.84. The summed E-state index contributed by atoms with van der Waals surface area (Å²) < 4.78 is 5.22. The lowest BCUT2D eigenvalue weighted by Gasteiger charge is -2.20. The van der Waals surface area contributed by atoms with E-state index in [9.17, 15) is 4.79 Å². The fourth-order valence-electron chi connectivity index (χ4n) is 2.39. The maximum Gasteiger partial charge on any atom is 0.407 e. The van der Waals surface area contributed by atoms with Gasteiger partial charge in [-0.1, -0.05) is 0 Å². The molecule has 0 radical (unpaired) electrons. The van der Waals surface area contributed by atoms with Gasteiger partial charge in [-0.2, -0.15) is 0 Å². The molecular formula is C15H31N3O2. The summed E-state index contributed by atoms with van der Waals surface area (Å²) in [6, 6.07) is 0. The van der Waals surface area contributed by atoms with Crippen molar-refractivity contribution in [1.82, 2.24) is 15.1 Å². The van der Waals surface area contributed by atoms with Crippen molar-refractivity contribution < 1.29 is 9.53 Å². The van der Waals surface area contributed by atoms with E-state index >= 15 is 0 Å². The van der Waals surface area contributed by atoms with Crippen molar-refractivity contribution in [2.45, 2.75) is 39.2 Å². The van der Waals surface area contributed by atoms with Gasteiger partial charge in [-0.3, -0.25) is 0 Å². The molecule has 0 aliphatic carbocycles. The number of alkyl carbamates (subject to hydrolysis) is 1. The molecule has 1 N–H and O–H groups in total. The van der Waals surface area contributed by atoms with Crippen LogP contribution in [0.1, 0.15) is 33.6 Å². The Hall–Kier alpha value is -0.810. The van der Waals surface area contributed by atoms with E-state index in [0.717, 1.165) is 26.1 Å². The molecule has 0 saturated carbocycles. The second kappa shape index (κ2) is 7.84. The fourth-order valence-corrected chi connectivity index (χ4v) is 2.39. The van der Waals surface area contributed by atoms with Crippen LogP contribution in [-0.4, -0.2) is 68.3 Å². The van der Waals surface area contributed by atoms with E-state index in [-0.39, 0.29) is 6.09 Å². The van der Waals surface area contributed by atoms with Gasteiger partial charge < -0.3 is 19.9 Å². The zero-order valence-electron chi connectivity index (χ0n) is 13.7. The third-order valence-electron chi connectivity index (χ3n) is 3.45.